The van der Waals surface area contributed by atoms with Crippen LogP contribution >= 0.6 is 13.5 Å². The normalized spacial score (nSPS) is 3.33. The molecule has 2 nitrogen and oxygen atoms in total. The molecule has 0 aliphatic rings. The smallest absolute Gasteiger partial charge is 0.0618 e. The van der Waals surface area contributed by atoms with Crippen molar-refractivity contribution in [1.82, 2.24) is 6.15 Å². The Balaban J connectivity index is -0.0000000450. The van der Waals surface area contributed by atoms with E-state index in [0.717, 1.165) is 0 Å². The SMILES string of the molecule is CCC#N.[N].[S]. The van der Waals surface area contributed by atoms with Gasteiger partial charge in [0.2, 0.25) is 0 Å². The Morgan fingerprint density at radius 2 is 1.83 bits per heavy atom. The molecule has 0 saturated heterocycles. The fraction of sp³-hybridized carbons (Fsp3) is 0.667. The van der Waals surface area contributed by atoms with Crippen molar-refractivity contribution in [2.24, 2.45) is 0 Å². The van der Waals surface area contributed by atoms with E-state index >= 15 is 0 Å². The zero-order valence-electron chi connectivity index (χ0n) is 3.51. The lowest BCUT2D eigenvalue weighted by Crippen LogP contribution is -1.38. The van der Waals surface area contributed by atoms with Crippen LogP contribution in [0.1, 0.15) is 13.3 Å². The molecule has 0 aliphatic heterocycles. The second-order valence-corrected chi connectivity index (χ2v) is 0.512. The van der Waals surface area contributed by atoms with Gasteiger partial charge in [0, 0.05) is 26.1 Å². The number of nitrogens with zero attached hydrogens (tertiary/aromatic N) is 2. The maximum atomic E-state index is 7.62. The molecule has 0 fully saturated rings. The Morgan fingerprint density at radius 1 is 1.67 bits per heavy atom. The molecular formula is C3H5N2S. The van der Waals surface area contributed by atoms with Crippen LogP contribution in [0, 0.1) is 11.3 Å². The second kappa shape index (κ2) is 21.4. The van der Waals surface area contributed by atoms with Crippen molar-refractivity contribution in [3.63, 3.8) is 0 Å². The fourth-order valence-electron chi connectivity index (χ4n) is 0. The Bertz CT molecular complexity index is 38.5. The van der Waals surface area contributed by atoms with Crippen molar-refractivity contribution >= 4 is 13.5 Å². The van der Waals surface area contributed by atoms with Gasteiger partial charge in [0.05, 0.1) is 6.07 Å². The molecular weight excluding hydrogens is 96.1 g/mol. The first-order valence-electron chi connectivity index (χ1n) is 1.28. The minimum Gasteiger partial charge on any atom is -0.198 e. The van der Waals surface area contributed by atoms with Crippen LogP contribution in [-0.2, 0) is 0 Å². The van der Waals surface area contributed by atoms with Crippen LogP contribution in [0.15, 0.2) is 0 Å². The van der Waals surface area contributed by atoms with Crippen molar-refractivity contribution in [2.45, 2.75) is 13.3 Å². The average Bonchev–Trinajstić information content (AvgIpc) is 1.37. The molecule has 0 heterocycles. The first kappa shape index (κ1) is 17.0. The highest BCUT2D eigenvalue weighted by Crippen LogP contribution is 1.58. The molecule has 0 aromatic heterocycles. The molecule has 0 amide bonds. The van der Waals surface area contributed by atoms with E-state index in [0.29, 0.717) is 6.42 Å². The largest absolute Gasteiger partial charge is 0.198 e. The average molecular weight is 101 g/mol. The molecule has 0 rings (SSSR count). The maximum Gasteiger partial charge on any atom is 0.0618 e. The van der Waals surface area contributed by atoms with Crippen LogP contribution in [0.5, 0.6) is 0 Å². The first-order chi connectivity index (χ1) is 1.91. The molecule has 0 spiro atoms. The number of hydrogen-bond donors (Lipinski definition) is 0. The highest BCUT2D eigenvalue weighted by Gasteiger charge is 1.49. The van der Waals surface area contributed by atoms with Crippen molar-refractivity contribution in [3.8, 4) is 6.07 Å². The minimum atomic E-state index is 0. The number of rotatable bonds is 0. The molecule has 0 saturated carbocycles. The van der Waals surface area contributed by atoms with Crippen molar-refractivity contribution < 1.29 is 0 Å². The number of nitriles is 1. The summed E-state index contributed by atoms with van der Waals surface area (Å²) in [6.07, 6.45) is 0.625. The predicted molar refractivity (Wildman–Crippen MR) is 25.6 cm³/mol. The van der Waals surface area contributed by atoms with Gasteiger partial charge in [0.1, 0.15) is 0 Å². The van der Waals surface area contributed by atoms with E-state index in [4.69, 9.17) is 5.26 Å². The van der Waals surface area contributed by atoms with Crippen LogP contribution < -0.4 is 6.15 Å². The van der Waals surface area contributed by atoms with Crippen LogP contribution in [0.3, 0.4) is 0 Å². The number of hydrogen-bond acceptors (Lipinski definition) is 1. The minimum absolute atomic E-state index is 0. The van der Waals surface area contributed by atoms with E-state index in [-0.39, 0.29) is 19.6 Å². The molecule has 0 atom stereocenters. The molecule has 0 unspecified atom stereocenters. The molecule has 0 aliphatic carbocycles. The molecule has 0 N–H and O–H groups in total. The molecule has 0 aromatic carbocycles. The van der Waals surface area contributed by atoms with Crippen LogP contribution in [0.4, 0.5) is 0 Å². The summed E-state index contributed by atoms with van der Waals surface area (Å²) in [5.41, 5.74) is 0. The fourth-order valence-corrected chi connectivity index (χ4v) is 0. The van der Waals surface area contributed by atoms with Gasteiger partial charge >= 0.3 is 0 Å². The van der Waals surface area contributed by atoms with E-state index in [1.807, 2.05) is 13.0 Å². The first-order valence-corrected chi connectivity index (χ1v) is 1.28. The van der Waals surface area contributed by atoms with E-state index < -0.39 is 0 Å². The monoisotopic (exact) mass is 101 g/mol. The molecule has 0 aromatic rings. The third-order valence-corrected chi connectivity index (χ3v) is 0.158. The van der Waals surface area contributed by atoms with E-state index in [1.165, 1.54) is 0 Å². The summed E-state index contributed by atoms with van der Waals surface area (Å²) in [7, 11) is 0. The summed E-state index contributed by atoms with van der Waals surface area (Å²) in [6, 6.07) is 1.93. The van der Waals surface area contributed by atoms with Crippen LogP contribution in [-0.4, -0.2) is 0 Å². The Hall–Kier alpha value is -0.200. The van der Waals surface area contributed by atoms with Gasteiger partial charge in [-0.2, -0.15) is 5.26 Å². The predicted octanol–water partition coefficient (Wildman–Crippen LogP) is 1.09. The highest BCUT2D eigenvalue weighted by atomic mass is 32.1. The summed E-state index contributed by atoms with van der Waals surface area (Å²) in [6.45, 7) is 1.82. The van der Waals surface area contributed by atoms with Crippen LogP contribution in [0.25, 0.3) is 0 Å². The third kappa shape index (κ3) is 46.5. The third-order valence-electron chi connectivity index (χ3n) is 0.158. The molecule has 0 bridgehead atoms. The summed E-state index contributed by atoms with van der Waals surface area (Å²) < 4.78 is 0. The lowest BCUT2D eigenvalue weighted by Gasteiger charge is -1.47. The summed E-state index contributed by atoms with van der Waals surface area (Å²) >= 11 is 0. The van der Waals surface area contributed by atoms with E-state index in [2.05, 4.69) is 0 Å². The van der Waals surface area contributed by atoms with E-state index in [9.17, 15) is 0 Å². The van der Waals surface area contributed by atoms with Gasteiger partial charge in [0.25, 0.3) is 0 Å². The van der Waals surface area contributed by atoms with Gasteiger partial charge in [-0.25, -0.2) is 0 Å². The van der Waals surface area contributed by atoms with Crippen molar-refractivity contribution in [3.05, 3.63) is 0 Å². The lowest BCUT2D eigenvalue weighted by molar-refractivity contribution is 1.22. The van der Waals surface area contributed by atoms with Gasteiger partial charge in [-0.05, 0) is 0 Å². The van der Waals surface area contributed by atoms with Crippen molar-refractivity contribution in [2.75, 3.05) is 0 Å². The maximum absolute atomic E-state index is 7.62. The summed E-state index contributed by atoms with van der Waals surface area (Å²) in [5.74, 6) is 0. The van der Waals surface area contributed by atoms with Gasteiger partial charge < -0.3 is 0 Å². The second-order valence-electron chi connectivity index (χ2n) is 0.512. The van der Waals surface area contributed by atoms with Gasteiger partial charge in [0.15, 0.2) is 0 Å². The topological polar surface area (TPSA) is 54.3 Å². The molecule has 5 radical (unpaired) electrons. The standard InChI is InChI=1S/C3H5N.N.S/c1-2-3-4;;/h2H2,1H3;;. The van der Waals surface area contributed by atoms with Crippen LogP contribution in [0.2, 0.25) is 0 Å². The Morgan fingerprint density at radius 3 is 1.83 bits per heavy atom. The van der Waals surface area contributed by atoms with Gasteiger partial charge in [-0.15, -0.1) is 0 Å². The molecule has 6 heavy (non-hydrogen) atoms. The van der Waals surface area contributed by atoms with Gasteiger partial charge in [-0.1, -0.05) is 6.92 Å². The molecule has 3 heteroatoms. The zero-order chi connectivity index (χ0) is 3.41. The summed E-state index contributed by atoms with van der Waals surface area (Å²) in [4.78, 5) is 0. The zero-order valence-corrected chi connectivity index (χ0v) is 4.33. The highest BCUT2D eigenvalue weighted by molar-refractivity contribution is 7.59. The summed E-state index contributed by atoms with van der Waals surface area (Å²) in [5, 5.41) is 7.62. The van der Waals surface area contributed by atoms with E-state index in [1.54, 1.807) is 0 Å². The molecule has 33 valence electrons. The quantitative estimate of drug-likeness (QED) is 0.450. The van der Waals surface area contributed by atoms with Gasteiger partial charge in [-0.3, -0.25) is 0 Å². The van der Waals surface area contributed by atoms with Crippen molar-refractivity contribution in [1.29, 1.82) is 5.26 Å². The Labute approximate surface area is 45.2 Å². The Kier molecular flexibility index (Phi) is 60.8. The lowest BCUT2D eigenvalue weighted by atomic mass is 10.6.